The van der Waals surface area contributed by atoms with Gasteiger partial charge in [0.25, 0.3) is 0 Å². The maximum Gasteiger partial charge on any atom is 0.343 e. The quantitative estimate of drug-likeness (QED) is 0.539. The minimum absolute atomic E-state index is 0.0000776. The number of para-hydroxylation sites is 1. The number of methoxy groups -OCH3 is 2. The first-order valence-electron chi connectivity index (χ1n) is 7.82. The summed E-state index contributed by atoms with van der Waals surface area (Å²) in [6.07, 6.45) is 0. The maximum absolute atomic E-state index is 13.8. The molecule has 0 N–H and O–H groups in total. The molecule has 0 spiro atoms. The molecule has 27 heavy (non-hydrogen) atoms. The van der Waals surface area contributed by atoms with Crippen LogP contribution in [0, 0.1) is 5.82 Å². The number of carbonyl (C=O) groups is 1. The standard InChI is InChI=1S/C19H15ClFNO4S/c1-24-15-8-3-5-12(17(15)25-2)18-22-11(10-27-18)9-26-19(23)16-13(20)6-4-7-14(16)21/h3-8,10H,9H2,1-2H3. The van der Waals surface area contributed by atoms with E-state index in [0.29, 0.717) is 22.2 Å². The number of carbonyl (C=O) groups excluding carboxylic acids is 1. The molecule has 0 aliphatic rings. The van der Waals surface area contributed by atoms with Gasteiger partial charge in [0.1, 0.15) is 23.0 Å². The van der Waals surface area contributed by atoms with Crippen LogP contribution < -0.4 is 9.47 Å². The molecule has 1 aromatic heterocycles. The highest BCUT2D eigenvalue weighted by molar-refractivity contribution is 7.13. The zero-order valence-electron chi connectivity index (χ0n) is 14.5. The van der Waals surface area contributed by atoms with Crippen LogP contribution in [0.15, 0.2) is 41.8 Å². The van der Waals surface area contributed by atoms with E-state index in [1.54, 1.807) is 25.7 Å². The van der Waals surface area contributed by atoms with Crippen molar-refractivity contribution in [2.24, 2.45) is 0 Å². The molecular weight excluding hydrogens is 393 g/mol. The highest BCUT2D eigenvalue weighted by Gasteiger charge is 2.19. The topological polar surface area (TPSA) is 57.7 Å². The minimum Gasteiger partial charge on any atom is -0.493 e. The van der Waals surface area contributed by atoms with E-state index in [9.17, 15) is 9.18 Å². The predicted octanol–water partition coefficient (Wildman–Crippen LogP) is 4.98. The molecule has 140 valence electrons. The molecule has 0 aliphatic heterocycles. The van der Waals surface area contributed by atoms with Crippen molar-refractivity contribution < 1.29 is 23.4 Å². The highest BCUT2D eigenvalue weighted by Crippen LogP contribution is 2.39. The summed E-state index contributed by atoms with van der Waals surface area (Å²) in [5.74, 6) is -0.414. The summed E-state index contributed by atoms with van der Waals surface area (Å²) in [6, 6.07) is 9.47. The third-order valence-electron chi connectivity index (χ3n) is 3.70. The predicted molar refractivity (Wildman–Crippen MR) is 101 cm³/mol. The Morgan fingerprint density at radius 1 is 1.19 bits per heavy atom. The number of thiazole rings is 1. The molecule has 5 nitrogen and oxygen atoms in total. The second-order valence-electron chi connectivity index (χ2n) is 5.36. The number of rotatable bonds is 6. The maximum atomic E-state index is 13.8. The van der Waals surface area contributed by atoms with Crippen molar-refractivity contribution >= 4 is 28.9 Å². The number of ether oxygens (including phenoxy) is 3. The van der Waals surface area contributed by atoms with E-state index >= 15 is 0 Å². The molecule has 0 saturated heterocycles. The van der Waals surface area contributed by atoms with E-state index < -0.39 is 11.8 Å². The van der Waals surface area contributed by atoms with Gasteiger partial charge < -0.3 is 14.2 Å². The van der Waals surface area contributed by atoms with Gasteiger partial charge in [-0.2, -0.15) is 0 Å². The average molecular weight is 408 g/mol. The molecule has 3 rings (SSSR count). The zero-order valence-corrected chi connectivity index (χ0v) is 16.1. The molecule has 0 radical (unpaired) electrons. The number of hydrogen-bond acceptors (Lipinski definition) is 6. The van der Waals surface area contributed by atoms with Crippen LogP contribution in [0.4, 0.5) is 4.39 Å². The van der Waals surface area contributed by atoms with Crippen molar-refractivity contribution in [3.63, 3.8) is 0 Å². The molecule has 0 amide bonds. The fourth-order valence-electron chi connectivity index (χ4n) is 2.46. The summed E-state index contributed by atoms with van der Waals surface area (Å²) in [4.78, 5) is 16.6. The van der Waals surface area contributed by atoms with Crippen LogP contribution in [-0.2, 0) is 11.3 Å². The monoisotopic (exact) mass is 407 g/mol. The molecule has 1 heterocycles. The lowest BCUT2D eigenvalue weighted by Gasteiger charge is -2.10. The largest absolute Gasteiger partial charge is 0.493 e. The fourth-order valence-corrected chi connectivity index (χ4v) is 3.52. The molecule has 0 unspecified atom stereocenters. The number of esters is 1. The van der Waals surface area contributed by atoms with Crippen molar-refractivity contribution in [3.05, 3.63) is 63.9 Å². The summed E-state index contributed by atoms with van der Waals surface area (Å²) < 4.78 is 29.6. The first kappa shape index (κ1) is 19.1. The first-order valence-corrected chi connectivity index (χ1v) is 9.07. The molecule has 0 fully saturated rings. The summed E-state index contributed by atoms with van der Waals surface area (Å²) >= 11 is 7.24. The lowest BCUT2D eigenvalue weighted by atomic mass is 10.2. The van der Waals surface area contributed by atoms with E-state index in [2.05, 4.69) is 4.98 Å². The van der Waals surface area contributed by atoms with Crippen LogP contribution in [0.1, 0.15) is 16.1 Å². The number of aromatic nitrogens is 1. The van der Waals surface area contributed by atoms with Crippen molar-refractivity contribution in [2.45, 2.75) is 6.61 Å². The molecule has 2 aromatic carbocycles. The molecule has 0 bridgehead atoms. The van der Waals surface area contributed by atoms with Crippen LogP contribution in [0.2, 0.25) is 5.02 Å². The molecular formula is C19H15ClFNO4S. The Balaban J connectivity index is 1.77. The SMILES string of the molecule is COc1cccc(-c2nc(COC(=O)c3c(F)cccc3Cl)cs2)c1OC. The second-order valence-corrected chi connectivity index (χ2v) is 6.62. The number of nitrogens with zero attached hydrogens (tertiary/aromatic N) is 1. The van der Waals surface area contributed by atoms with Gasteiger partial charge in [-0.25, -0.2) is 14.2 Å². The zero-order chi connectivity index (χ0) is 19.4. The van der Waals surface area contributed by atoms with Crippen molar-refractivity contribution in [3.8, 4) is 22.1 Å². The Labute approximate surface area is 164 Å². The Bertz CT molecular complexity index is 956. The fraction of sp³-hybridized carbons (Fsp3) is 0.158. The molecule has 3 aromatic rings. The average Bonchev–Trinajstić information content (AvgIpc) is 3.14. The van der Waals surface area contributed by atoms with Crippen LogP contribution in [0.3, 0.4) is 0 Å². The van der Waals surface area contributed by atoms with E-state index in [1.165, 1.54) is 23.5 Å². The Morgan fingerprint density at radius 2 is 1.96 bits per heavy atom. The molecule has 0 atom stereocenters. The van der Waals surface area contributed by atoms with E-state index in [-0.39, 0.29) is 17.2 Å². The summed E-state index contributed by atoms with van der Waals surface area (Å²) in [7, 11) is 3.11. The third-order valence-corrected chi connectivity index (χ3v) is 4.94. The van der Waals surface area contributed by atoms with Crippen molar-refractivity contribution in [1.29, 1.82) is 0 Å². The van der Waals surface area contributed by atoms with Gasteiger partial charge in [0.05, 0.1) is 30.5 Å². The highest BCUT2D eigenvalue weighted by atomic mass is 35.5. The number of halogens is 2. The van der Waals surface area contributed by atoms with E-state index in [1.807, 2.05) is 12.1 Å². The van der Waals surface area contributed by atoms with Crippen LogP contribution in [0.25, 0.3) is 10.6 Å². The van der Waals surface area contributed by atoms with Gasteiger partial charge in [-0.15, -0.1) is 11.3 Å². The number of hydrogen-bond donors (Lipinski definition) is 0. The van der Waals surface area contributed by atoms with Gasteiger partial charge in [-0.1, -0.05) is 23.7 Å². The molecule has 0 saturated carbocycles. The van der Waals surface area contributed by atoms with Crippen LogP contribution in [-0.4, -0.2) is 25.2 Å². The lowest BCUT2D eigenvalue weighted by molar-refractivity contribution is 0.0463. The smallest absolute Gasteiger partial charge is 0.343 e. The van der Waals surface area contributed by atoms with Gasteiger partial charge in [-0.05, 0) is 24.3 Å². The Kier molecular flexibility index (Phi) is 5.93. The van der Waals surface area contributed by atoms with Gasteiger partial charge in [0.15, 0.2) is 11.5 Å². The molecule has 8 heteroatoms. The van der Waals surface area contributed by atoms with Gasteiger partial charge in [0.2, 0.25) is 0 Å². The second kappa shape index (κ2) is 8.37. The van der Waals surface area contributed by atoms with Crippen molar-refractivity contribution in [1.82, 2.24) is 4.98 Å². The van der Waals surface area contributed by atoms with E-state index in [4.69, 9.17) is 25.8 Å². The Morgan fingerprint density at radius 3 is 2.67 bits per heavy atom. The van der Waals surface area contributed by atoms with Crippen molar-refractivity contribution in [2.75, 3.05) is 14.2 Å². The minimum atomic E-state index is -0.841. The van der Waals surface area contributed by atoms with Gasteiger partial charge in [0, 0.05) is 5.38 Å². The molecule has 0 aliphatic carbocycles. The third kappa shape index (κ3) is 4.04. The normalized spacial score (nSPS) is 10.5. The Hall–Kier alpha value is -2.64. The lowest BCUT2D eigenvalue weighted by Crippen LogP contribution is -2.08. The van der Waals surface area contributed by atoms with Gasteiger partial charge >= 0.3 is 5.97 Å². The van der Waals surface area contributed by atoms with Crippen LogP contribution in [0.5, 0.6) is 11.5 Å². The summed E-state index contributed by atoms with van der Waals surface area (Å²) in [6.45, 7) is -0.105. The summed E-state index contributed by atoms with van der Waals surface area (Å²) in [5.41, 5.74) is 1.00. The number of benzene rings is 2. The van der Waals surface area contributed by atoms with Crippen LogP contribution >= 0.6 is 22.9 Å². The summed E-state index contributed by atoms with van der Waals surface area (Å²) in [5, 5.41) is 2.44. The first-order chi connectivity index (χ1) is 13.0. The van der Waals surface area contributed by atoms with E-state index in [0.717, 1.165) is 11.6 Å². The van der Waals surface area contributed by atoms with Gasteiger partial charge in [-0.3, -0.25) is 0 Å².